The Kier molecular flexibility index (Phi) is 6.03. The van der Waals surface area contributed by atoms with Crippen LogP contribution < -0.4 is 0 Å². The number of nitrogens with zero attached hydrogens (tertiary/aromatic N) is 3. The molecule has 0 aliphatic carbocycles. The molecule has 1 atom stereocenters. The summed E-state index contributed by atoms with van der Waals surface area (Å²) in [6, 6.07) is 8.38. The summed E-state index contributed by atoms with van der Waals surface area (Å²) in [4.78, 5) is 14.9. The molecule has 1 fully saturated rings. The topological polar surface area (TPSA) is 81.7 Å². The summed E-state index contributed by atoms with van der Waals surface area (Å²) in [6.45, 7) is 5.81. The van der Waals surface area contributed by atoms with Crippen molar-refractivity contribution in [3.8, 4) is 11.3 Å². The Balaban J connectivity index is 1.63. The van der Waals surface area contributed by atoms with Crippen molar-refractivity contribution in [2.24, 2.45) is 0 Å². The van der Waals surface area contributed by atoms with Gasteiger partial charge in [-0.15, -0.1) is 0 Å². The summed E-state index contributed by atoms with van der Waals surface area (Å²) in [6.07, 6.45) is 1.90. The lowest BCUT2D eigenvalue weighted by atomic mass is 10.1. The predicted octanol–water partition coefficient (Wildman–Crippen LogP) is 1.60. The Morgan fingerprint density at radius 2 is 2.35 bits per heavy atom. The Bertz CT molecular complexity index is 746. The Hall–Kier alpha value is -2.22. The minimum absolute atomic E-state index is 0.0161. The van der Waals surface area contributed by atoms with Gasteiger partial charge in [0, 0.05) is 37.3 Å². The van der Waals surface area contributed by atoms with E-state index in [-0.39, 0.29) is 12.6 Å². The van der Waals surface area contributed by atoms with E-state index in [9.17, 15) is 4.79 Å². The Morgan fingerprint density at radius 1 is 1.50 bits per heavy atom. The molecule has 0 saturated carbocycles. The minimum Gasteiger partial charge on any atom is -0.480 e. The first kappa shape index (κ1) is 18.6. The van der Waals surface area contributed by atoms with E-state index in [0.717, 1.165) is 36.5 Å². The van der Waals surface area contributed by atoms with Gasteiger partial charge >= 0.3 is 5.97 Å². The van der Waals surface area contributed by atoms with Crippen LogP contribution in [-0.4, -0.2) is 77.0 Å². The van der Waals surface area contributed by atoms with Crippen molar-refractivity contribution in [3.05, 3.63) is 41.6 Å². The highest BCUT2D eigenvalue weighted by molar-refractivity contribution is 5.69. The second-order valence-electron chi connectivity index (χ2n) is 6.96. The highest BCUT2D eigenvalue weighted by Gasteiger charge is 2.23. The van der Waals surface area contributed by atoms with Gasteiger partial charge in [-0.3, -0.25) is 19.7 Å². The molecule has 0 bridgehead atoms. The highest BCUT2D eigenvalue weighted by atomic mass is 16.5. The van der Waals surface area contributed by atoms with Crippen LogP contribution >= 0.6 is 0 Å². The number of aliphatic carboxylic acids is 1. The summed E-state index contributed by atoms with van der Waals surface area (Å²) in [7, 11) is 1.81. The molecule has 7 nitrogen and oxygen atoms in total. The Morgan fingerprint density at radius 3 is 3.12 bits per heavy atom. The number of nitrogens with one attached hydrogen (secondary N) is 1. The maximum atomic E-state index is 10.8. The van der Waals surface area contributed by atoms with Crippen molar-refractivity contribution in [1.82, 2.24) is 20.0 Å². The predicted molar refractivity (Wildman–Crippen MR) is 98.9 cm³/mol. The number of aromatic amines is 1. The van der Waals surface area contributed by atoms with Crippen LogP contribution in [-0.2, 0) is 16.1 Å². The van der Waals surface area contributed by atoms with Gasteiger partial charge in [-0.1, -0.05) is 23.8 Å². The maximum Gasteiger partial charge on any atom is 0.317 e. The van der Waals surface area contributed by atoms with Gasteiger partial charge in [-0.25, -0.2) is 0 Å². The average molecular weight is 358 g/mol. The van der Waals surface area contributed by atoms with Crippen LogP contribution in [0.4, 0.5) is 0 Å². The van der Waals surface area contributed by atoms with Gasteiger partial charge in [-0.2, -0.15) is 5.10 Å². The van der Waals surface area contributed by atoms with E-state index >= 15 is 0 Å². The molecular weight excluding hydrogens is 332 g/mol. The van der Waals surface area contributed by atoms with Crippen molar-refractivity contribution in [1.29, 1.82) is 0 Å². The monoisotopic (exact) mass is 358 g/mol. The van der Waals surface area contributed by atoms with Gasteiger partial charge in [0.05, 0.1) is 31.1 Å². The van der Waals surface area contributed by atoms with E-state index in [4.69, 9.17) is 9.84 Å². The van der Waals surface area contributed by atoms with Crippen molar-refractivity contribution in [3.63, 3.8) is 0 Å². The molecular formula is C19H26N4O3. The van der Waals surface area contributed by atoms with Gasteiger partial charge in [0.15, 0.2) is 0 Å². The normalized spacial score (nSPS) is 18.3. The SMILES string of the molecule is Cc1cccc(-c2[nH]ncc2CN2CCOC(CN(C)CC(=O)O)C2)c1. The lowest BCUT2D eigenvalue weighted by molar-refractivity contribution is -0.138. The molecule has 1 aliphatic heterocycles. The lowest BCUT2D eigenvalue weighted by Gasteiger charge is -2.34. The molecule has 1 unspecified atom stereocenters. The largest absolute Gasteiger partial charge is 0.480 e. The maximum absolute atomic E-state index is 10.8. The number of morpholine rings is 1. The van der Waals surface area contributed by atoms with Gasteiger partial charge in [0.2, 0.25) is 0 Å². The quantitative estimate of drug-likeness (QED) is 0.782. The van der Waals surface area contributed by atoms with Crippen LogP contribution in [0.15, 0.2) is 30.5 Å². The van der Waals surface area contributed by atoms with Crippen LogP contribution in [0.25, 0.3) is 11.3 Å². The number of aromatic nitrogens is 2. The fraction of sp³-hybridized carbons (Fsp3) is 0.474. The summed E-state index contributed by atoms with van der Waals surface area (Å²) in [5.41, 5.74) is 4.58. The first-order chi connectivity index (χ1) is 12.5. The van der Waals surface area contributed by atoms with Crippen molar-refractivity contribution in [2.45, 2.75) is 19.6 Å². The van der Waals surface area contributed by atoms with Gasteiger partial charge < -0.3 is 9.84 Å². The number of likely N-dealkylation sites (N-methyl/N-ethyl adjacent to an activating group) is 1. The molecule has 140 valence electrons. The summed E-state index contributed by atoms with van der Waals surface area (Å²) in [5, 5.41) is 16.3. The van der Waals surface area contributed by atoms with Crippen molar-refractivity contribution < 1.29 is 14.6 Å². The fourth-order valence-corrected chi connectivity index (χ4v) is 3.40. The number of H-pyrrole nitrogens is 1. The molecule has 2 N–H and O–H groups in total. The smallest absolute Gasteiger partial charge is 0.317 e. The van der Waals surface area contributed by atoms with Gasteiger partial charge in [-0.05, 0) is 20.0 Å². The van der Waals surface area contributed by atoms with Gasteiger partial charge in [0.25, 0.3) is 0 Å². The third-order valence-electron chi connectivity index (χ3n) is 4.56. The molecule has 2 heterocycles. The highest BCUT2D eigenvalue weighted by Crippen LogP contribution is 2.23. The second-order valence-corrected chi connectivity index (χ2v) is 6.96. The molecule has 7 heteroatoms. The molecule has 0 amide bonds. The third kappa shape index (κ3) is 4.91. The third-order valence-corrected chi connectivity index (χ3v) is 4.56. The van der Waals surface area contributed by atoms with Gasteiger partial charge in [0.1, 0.15) is 0 Å². The fourth-order valence-electron chi connectivity index (χ4n) is 3.40. The zero-order valence-corrected chi connectivity index (χ0v) is 15.3. The molecule has 1 aromatic heterocycles. The number of hydrogen-bond donors (Lipinski definition) is 2. The lowest BCUT2D eigenvalue weighted by Crippen LogP contribution is -2.47. The number of aryl methyl sites for hydroxylation is 1. The molecule has 26 heavy (non-hydrogen) atoms. The molecule has 2 aromatic rings. The van der Waals surface area contributed by atoms with Crippen LogP contribution in [0.5, 0.6) is 0 Å². The zero-order valence-electron chi connectivity index (χ0n) is 15.3. The second kappa shape index (κ2) is 8.44. The van der Waals surface area contributed by atoms with E-state index in [1.807, 2.05) is 13.2 Å². The molecule has 0 spiro atoms. The van der Waals surface area contributed by atoms with E-state index in [1.165, 1.54) is 5.56 Å². The first-order valence-corrected chi connectivity index (χ1v) is 8.85. The molecule has 0 radical (unpaired) electrons. The molecule has 1 saturated heterocycles. The zero-order chi connectivity index (χ0) is 18.5. The van der Waals surface area contributed by atoms with E-state index in [2.05, 4.69) is 46.3 Å². The first-order valence-electron chi connectivity index (χ1n) is 8.85. The van der Waals surface area contributed by atoms with Crippen molar-refractivity contribution in [2.75, 3.05) is 39.8 Å². The summed E-state index contributed by atoms with van der Waals surface area (Å²) < 4.78 is 5.81. The Labute approximate surface area is 153 Å². The van der Waals surface area contributed by atoms with Crippen LogP contribution in [0.3, 0.4) is 0 Å². The minimum atomic E-state index is -0.818. The van der Waals surface area contributed by atoms with Crippen LogP contribution in [0.2, 0.25) is 0 Å². The standard InChI is InChI=1S/C19H26N4O3/c1-14-4-3-5-15(8-14)19-16(9-20-21-19)10-23-6-7-26-17(12-23)11-22(2)13-18(24)25/h3-5,8-9,17H,6-7,10-13H2,1-2H3,(H,20,21)(H,24,25). The molecule has 1 aliphatic rings. The summed E-state index contributed by atoms with van der Waals surface area (Å²) >= 11 is 0. The average Bonchev–Trinajstić information content (AvgIpc) is 3.02. The number of carboxylic acid groups (broad SMARTS) is 1. The number of carboxylic acids is 1. The summed E-state index contributed by atoms with van der Waals surface area (Å²) in [5.74, 6) is -0.818. The number of hydrogen-bond acceptors (Lipinski definition) is 5. The van der Waals surface area contributed by atoms with Crippen molar-refractivity contribution >= 4 is 5.97 Å². The number of benzene rings is 1. The van der Waals surface area contributed by atoms with E-state index in [1.54, 1.807) is 4.90 Å². The number of rotatable bonds is 7. The van der Waals surface area contributed by atoms with E-state index in [0.29, 0.717) is 13.2 Å². The van der Waals surface area contributed by atoms with Crippen LogP contribution in [0.1, 0.15) is 11.1 Å². The number of carbonyl (C=O) groups is 1. The van der Waals surface area contributed by atoms with Crippen LogP contribution in [0, 0.1) is 6.92 Å². The molecule has 3 rings (SSSR count). The number of ether oxygens (including phenoxy) is 1. The van der Waals surface area contributed by atoms with E-state index < -0.39 is 5.97 Å². The molecule has 1 aromatic carbocycles.